The molecular formula is C19H22N6O3. The van der Waals surface area contributed by atoms with E-state index >= 15 is 0 Å². The van der Waals surface area contributed by atoms with Gasteiger partial charge in [-0.15, -0.1) is 10.2 Å². The van der Waals surface area contributed by atoms with Crippen molar-refractivity contribution < 1.29 is 13.9 Å². The van der Waals surface area contributed by atoms with Crippen LogP contribution in [-0.4, -0.2) is 46.3 Å². The SMILES string of the molecule is CCOC(=O)CN(C)c1ncc(CNCc2nnc(-c3ccccc3)o2)cn1. The third kappa shape index (κ3) is 5.34. The molecule has 0 spiro atoms. The summed E-state index contributed by atoms with van der Waals surface area (Å²) in [6.45, 7) is 3.21. The standard InChI is InChI=1S/C19H22N6O3/c1-3-27-17(26)13-25(2)19-21-10-14(11-22-19)9-20-12-16-23-24-18(28-16)15-7-5-4-6-8-15/h4-8,10-11,20H,3,9,12-13H2,1-2H3. The Kier molecular flexibility index (Phi) is 6.64. The van der Waals surface area contributed by atoms with Crippen LogP contribution in [0.1, 0.15) is 18.4 Å². The normalized spacial score (nSPS) is 10.6. The van der Waals surface area contributed by atoms with E-state index in [-0.39, 0.29) is 12.5 Å². The molecule has 0 aliphatic rings. The fraction of sp³-hybridized carbons (Fsp3) is 0.316. The summed E-state index contributed by atoms with van der Waals surface area (Å²) >= 11 is 0. The van der Waals surface area contributed by atoms with Crippen LogP contribution in [0.25, 0.3) is 11.5 Å². The van der Waals surface area contributed by atoms with Gasteiger partial charge in [0, 0.05) is 37.1 Å². The molecular weight excluding hydrogens is 360 g/mol. The molecule has 2 heterocycles. The number of nitrogens with one attached hydrogen (secondary N) is 1. The molecule has 9 heteroatoms. The summed E-state index contributed by atoms with van der Waals surface area (Å²) in [5.74, 6) is 1.15. The maximum Gasteiger partial charge on any atom is 0.325 e. The van der Waals surface area contributed by atoms with Crippen molar-refractivity contribution in [3.05, 3.63) is 54.2 Å². The summed E-state index contributed by atoms with van der Waals surface area (Å²) in [4.78, 5) is 21.7. The zero-order valence-corrected chi connectivity index (χ0v) is 15.8. The summed E-state index contributed by atoms with van der Waals surface area (Å²) in [6.07, 6.45) is 3.42. The van der Waals surface area contributed by atoms with Gasteiger partial charge in [-0.3, -0.25) is 4.79 Å². The largest absolute Gasteiger partial charge is 0.465 e. The van der Waals surface area contributed by atoms with Crippen LogP contribution in [0.4, 0.5) is 5.95 Å². The second kappa shape index (κ2) is 9.56. The monoisotopic (exact) mass is 382 g/mol. The van der Waals surface area contributed by atoms with Crippen LogP contribution in [0.15, 0.2) is 47.1 Å². The molecule has 0 fully saturated rings. The highest BCUT2D eigenvalue weighted by Gasteiger charge is 2.11. The van der Waals surface area contributed by atoms with Gasteiger partial charge in [0.25, 0.3) is 0 Å². The number of aromatic nitrogens is 4. The molecule has 1 N–H and O–H groups in total. The third-order valence-electron chi connectivity index (χ3n) is 3.80. The lowest BCUT2D eigenvalue weighted by Crippen LogP contribution is -2.28. The van der Waals surface area contributed by atoms with Crippen molar-refractivity contribution >= 4 is 11.9 Å². The fourth-order valence-corrected chi connectivity index (χ4v) is 2.44. The number of hydrogen-bond donors (Lipinski definition) is 1. The lowest BCUT2D eigenvalue weighted by Gasteiger charge is -2.15. The highest BCUT2D eigenvalue weighted by Crippen LogP contribution is 2.16. The first-order chi connectivity index (χ1) is 13.7. The Hall–Kier alpha value is -3.33. The van der Waals surface area contributed by atoms with Crippen molar-refractivity contribution in [1.82, 2.24) is 25.5 Å². The number of anilines is 1. The van der Waals surface area contributed by atoms with Gasteiger partial charge in [-0.05, 0) is 19.1 Å². The third-order valence-corrected chi connectivity index (χ3v) is 3.80. The first kappa shape index (κ1) is 19.4. The van der Waals surface area contributed by atoms with Crippen LogP contribution in [0, 0.1) is 0 Å². The molecule has 0 aliphatic carbocycles. The van der Waals surface area contributed by atoms with Gasteiger partial charge in [-0.25, -0.2) is 9.97 Å². The lowest BCUT2D eigenvalue weighted by atomic mass is 10.2. The van der Waals surface area contributed by atoms with Crippen molar-refractivity contribution in [3.8, 4) is 11.5 Å². The number of carbonyl (C=O) groups excluding carboxylic acids is 1. The molecule has 28 heavy (non-hydrogen) atoms. The summed E-state index contributed by atoms with van der Waals surface area (Å²) in [7, 11) is 1.74. The molecule has 0 aliphatic heterocycles. The van der Waals surface area contributed by atoms with Gasteiger partial charge in [0.1, 0.15) is 6.54 Å². The van der Waals surface area contributed by atoms with E-state index in [0.717, 1.165) is 11.1 Å². The van der Waals surface area contributed by atoms with E-state index in [2.05, 4.69) is 25.5 Å². The number of ether oxygens (including phenoxy) is 1. The molecule has 0 bridgehead atoms. The predicted octanol–water partition coefficient (Wildman–Crippen LogP) is 1.82. The maximum atomic E-state index is 11.5. The molecule has 0 amide bonds. The lowest BCUT2D eigenvalue weighted by molar-refractivity contribution is -0.141. The molecule has 0 saturated heterocycles. The predicted molar refractivity (Wildman–Crippen MR) is 102 cm³/mol. The zero-order chi connectivity index (χ0) is 19.8. The number of rotatable bonds is 9. The first-order valence-corrected chi connectivity index (χ1v) is 8.92. The van der Waals surface area contributed by atoms with Crippen molar-refractivity contribution in [1.29, 1.82) is 0 Å². The minimum atomic E-state index is -0.311. The number of carbonyl (C=O) groups is 1. The van der Waals surface area contributed by atoms with Crippen LogP contribution < -0.4 is 10.2 Å². The van der Waals surface area contributed by atoms with Gasteiger partial charge in [0.2, 0.25) is 17.7 Å². The van der Waals surface area contributed by atoms with E-state index in [4.69, 9.17) is 9.15 Å². The Labute approximate surface area is 162 Å². The summed E-state index contributed by atoms with van der Waals surface area (Å²) in [6, 6.07) is 9.62. The van der Waals surface area contributed by atoms with E-state index in [1.54, 1.807) is 31.3 Å². The molecule has 9 nitrogen and oxygen atoms in total. The van der Waals surface area contributed by atoms with E-state index < -0.39 is 0 Å². The van der Waals surface area contributed by atoms with Gasteiger partial charge in [0.15, 0.2) is 0 Å². The summed E-state index contributed by atoms with van der Waals surface area (Å²) in [5.41, 5.74) is 1.79. The van der Waals surface area contributed by atoms with Gasteiger partial charge < -0.3 is 19.4 Å². The molecule has 146 valence electrons. The van der Waals surface area contributed by atoms with Gasteiger partial charge in [0.05, 0.1) is 13.2 Å². The minimum absolute atomic E-state index is 0.104. The van der Waals surface area contributed by atoms with Gasteiger partial charge in [-0.2, -0.15) is 0 Å². The Bertz CT molecular complexity index is 882. The van der Waals surface area contributed by atoms with Crippen LogP contribution in [0.3, 0.4) is 0 Å². The Morgan fingerprint density at radius 2 is 1.89 bits per heavy atom. The summed E-state index contributed by atoms with van der Waals surface area (Å²) < 4.78 is 10.6. The van der Waals surface area contributed by atoms with Crippen LogP contribution >= 0.6 is 0 Å². The molecule has 0 radical (unpaired) electrons. The smallest absolute Gasteiger partial charge is 0.325 e. The van der Waals surface area contributed by atoms with Crippen molar-refractivity contribution in [3.63, 3.8) is 0 Å². The molecule has 1 aromatic carbocycles. The van der Waals surface area contributed by atoms with Gasteiger partial charge >= 0.3 is 5.97 Å². The fourth-order valence-electron chi connectivity index (χ4n) is 2.44. The minimum Gasteiger partial charge on any atom is -0.465 e. The molecule has 3 aromatic rings. The van der Waals surface area contributed by atoms with E-state index in [1.807, 2.05) is 30.3 Å². The first-order valence-electron chi connectivity index (χ1n) is 8.92. The van der Waals surface area contributed by atoms with Crippen LogP contribution in [-0.2, 0) is 22.6 Å². The average Bonchev–Trinajstić information content (AvgIpc) is 3.18. The number of nitrogens with zero attached hydrogens (tertiary/aromatic N) is 5. The Morgan fingerprint density at radius 3 is 2.61 bits per heavy atom. The second-order valence-electron chi connectivity index (χ2n) is 6.02. The quantitative estimate of drug-likeness (QED) is 0.555. The van der Waals surface area contributed by atoms with E-state index in [1.165, 1.54) is 0 Å². The number of likely N-dealkylation sites (N-methyl/N-ethyl adjacent to an activating group) is 1. The van der Waals surface area contributed by atoms with Crippen molar-refractivity contribution in [2.75, 3.05) is 25.1 Å². The molecule has 2 aromatic heterocycles. The Balaban J connectivity index is 1.48. The number of esters is 1. The number of benzene rings is 1. The highest BCUT2D eigenvalue weighted by atomic mass is 16.5. The van der Waals surface area contributed by atoms with Crippen molar-refractivity contribution in [2.45, 2.75) is 20.0 Å². The number of hydrogen-bond acceptors (Lipinski definition) is 9. The van der Waals surface area contributed by atoms with Gasteiger partial charge in [-0.1, -0.05) is 18.2 Å². The second-order valence-corrected chi connectivity index (χ2v) is 6.02. The van der Waals surface area contributed by atoms with Crippen LogP contribution in [0.5, 0.6) is 0 Å². The average molecular weight is 382 g/mol. The van der Waals surface area contributed by atoms with Crippen LogP contribution in [0.2, 0.25) is 0 Å². The van der Waals surface area contributed by atoms with E-state index in [9.17, 15) is 4.79 Å². The molecule has 3 rings (SSSR count). The molecule has 0 saturated carbocycles. The Morgan fingerprint density at radius 1 is 1.14 bits per heavy atom. The molecule has 0 unspecified atom stereocenters. The highest BCUT2D eigenvalue weighted by molar-refractivity contribution is 5.74. The maximum absolute atomic E-state index is 11.5. The summed E-state index contributed by atoms with van der Waals surface area (Å²) in [5, 5.41) is 11.3. The zero-order valence-electron chi connectivity index (χ0n) is 15.8. The van der Waals surface area contributed by atoms with Crippen molar-refractivity contribution in [2.24, 2.45) is 0 Å². The molecule has 0 atom stereocenters. The van der Waals surface area contributed by atoms with E-state index in [0.29, 0.717) is 37.4 Å². The topological polar surface area (TPSA) is 106 Å².